The Hall–Kier alpha value is -1.81. The highest BCUT2D eigenvalue weighted by Gasteiger charge is 2.05. The van der Waals surface area contributed by atoms with Crippen LogP contribution in [0.1, 0.15) is 5.56 Å². The standard InChI is InChI=1S/C11H8ClN3O/c1-5-2-8-6(3-7(5)12)4-9-10(13-8)15-11(16)14-9/h2-4H,1H3,(H2,13,14,15,16). The second-order valence-corrected chi connectivity index (χ2v) is 4.16. The van der Waals surface area contributed by atoms with E-state index in [1.807, 2.05) is 25.1 Å². The lowest BCUT2D eigenvalue weighted by atomic mass is 10.1. The van der Waals surface area contributed by atoms with Crippen LogP contribution in [0.25, 0.3) is 22.1 Å². The normalized spacial score (nSPS) is 11.4. The van der Waals surface area contributed by atoms with E-state index < -0.39 is 0 Å². The van der Waals surface area contributed by atoms with E-state index in [1.165, 1.54) is 0 Å². The number of benzene rings is 1. The van der Waals surface area contributed by atoms with Crippen LogP contribution < -0.4 is 5.69 Å². The molecule has 2 aromatic heterocycles. The average Bonchev–Trinajstić information content (AvgIpc) is 2.56. The summed E-state index contributed by atoms with van der Waals surface area (Å²) in [7, 11) is 0. The number of nitrogens with zero attached hydrogens (tertiary/aromatic N) is 1. The van der Waals surface area contributed by atoms with Gasteiger partial charge in [-0.1, -0.05) is 11.6 Å². The van der Waals surface area contributed by atoms with E-state index >= 15 is 0 Å². The van der Waals surface area contributed by atoms with Crippen LogP contribution in [0.2, 0.25) is 5.02 Å². The first-order valence-electron chi connectivity index (χ1n) is 4.82. The zero-order chi connectivity index (χ0) is 11.3. The van der Waals surface area contributed by atoms with E-state index in [1.54, 1.807) is 0 Å². The SMILES string of the molecule is Cc1cc2nc3[nH]c(=O)[nH]c3cc2cc1Cl. The van der Waals surface area contributed by atoms with E-state index in [9.17, 15) is 4.79 Å². The average molecular weight is 234 g/mol. The minimum absolute atomic E-state index is 0.249. The Balaban J connectivity index is 2.50. The molecule has 0 aliphatic carbocycles. The summed E-state index contributed by atoms with van der Waals surface area (Å²) in [6.45, 7) is 1.92. The third kappa shape index (κ3) is 1.31. The molecule has 16 heavy (non-hydrogen) atoms. The number of pyridine rings is 1. The smallest absolute Gasteiger partial charge is 0.304 e. The highest BCUT2D eigenvalue weighted by atomic mass is 35.5. The first-order chi connectivity index (χ1) is 7.63. The van der Waals surface area contributed by atoms with E-state index in [4.69, 9.17) is 11.6 Å². The topological polar surface area (TPSA) is 61.5 Å². The van der Waals surface area contributed by atoms with Gasteiger partial charge in [0, 0.05) is 10.4 Å². The Kier molecular flexibility index (Phi) is 1.82. The lowest BCUT2D eigenvalue weighted by Crippen LogP contribution is -1.99. The molecule has 0 aliphatic rings. The van der Waals surface area contributed by atoms with Crippen LogP contribution in [0.3, 0.4) is 0 Å². The van der Waals surface area contributed by atoms with Gasteiger partial charge in [0.25, 0.3) is 0 Å². The molecule has 0 aliphatic heterocycles. The summed E-state index contributed by atoms with van der Waals surface area (Å²) in [4.78, 5) is 20.8. The fraction of sp³-hybridized carbons (Fsp3) is 0.0909. The Morgan fingerprint density at radius 3 is 2.88 bits per heavy atom. The quantitative estimate of drug-likeness (QED) is 0.626. The Bertz CT molecular complexity index is 695. The molecule has 2 N–H and O–H groups in total. The first-order valence-corrected chi connectivity index (χ1v) is 5.20. The van der Waals surface area contributed by atoms with Gasteiger partial charge < -0.3 is 4.98 Å². The largest absolute Gasteiger partial charge is 0.325 e. The number of aromatic nitrogens is 3. The van der Waals surface area contributed by atoms with Crippen molar-refractivity contribution in [2.24, 2.45) is 0 Å². The summed E-state index contributed by atoms with van der Waals surface area (Å²) in [5.74, 6) is 0. The van der Waals surface area contributed by atoms with E-state index in [-0.39, 0.29) is 5.69 Å². The molecule has 0 radical (unpaired) electrons. The number of imidazole rings is 1. The van der Waals surface area contributed by atoms with E-state index in [2.05, 4.69) is 15.0 Å². The third-order valence-corrected chi connectivity index (χ3v) is 2.98. The molecule has 2 heterocycles. The van der Waals surface area contributed by atoms with Crippen molar-refractivity contribution in [2.75, 3.05) is 0 Å². The minimum Gasteiger partial charge on any atom is -0.304 e. The molecule has 3 rings (SSSR count). The molecular weight excluding hydrogens is 226 g/mol. The molecule has 0 unspecified atom stereocenters. The molecule has 0 atom stereocenters. The second-order valence-electron chi connectivity index (χ2n) is 3.76. The van der Waals surface area contributed by atoms with E-state index in [0.29, 0.717) is 16.2 Å². The van der Waals surface area contributed by atoms with Gasteiger partial charge in [0.05, 0.1) is 11.0 Å². The molecule has 0 spiro atoms. The van der Waals surface area contributed by atoms with Gasteiger partial charge in [0.15, 0.2) is 5.65 Å². The lowest BCUT2D eigenvalue weighted by molar-refractivity contribution is 1.20. The maximum atomic E-state index is 11.1. The van der Waals surface area contributed by atoms with Crippen molar-refractivity contribution in [3.63, 3.8) is 0 Å². The maximum Gasteiger partial charge on any atom is 0.325 e. The maximum absolute atomic E-state index is 11.1. The predicted molar refractivity (Wildman–Crippen MR) is 64.0 cm³/mol. The summed E-state index contributed by atoms with van der Waals surface area (Å²) >= 11 is 6.04. The zero-order valence-electron chi connectivity index (χ0n) is 8.47. The first kappa shape index (κ1) is 9.42. The minimum atomic E-state index is -0.249. The monoisotopic (exact) mass is 233 g/mol. The van der Waals surface area contributed by atoms with Crippen molar-refractivity contribution >= 4 is 33.7 Å². The number of fused-ring (bicyclic) bond motifs is 2. The van der Waals surface area contributed by atoms with Crippen molar-refractivity contribution in [3.8, 4) is 0 Å². The van der Waals surface area contributed by atoms with Crippen LogP contribution in [0, 0.1) is 6.92 Å². The molecule has 4 nitrogen and oxygen atoms in total. The summed E-state index contributed by atoms with van der Waals surface area (Å²) in [6, 6.07) is 5.62. The molecule has 0 saturated heterocycles. The van der Waals surface area contributed by atoms with Crippen LogP contribution in [0.15, 0.2) is 23.0 Å². The van der Waals surface area contributed by atoms with Crippen LogP contribution in [0.4, 0.5) is 0 Å². The van der Waals surface area contributed by atoms with Crippen molar-refractivity contribution in [1.82, 2.24) is 15.0 Å². The fourth-order valence-electron chi connectivity index (χ4n) is 1.75. The molecule has 0 amide bonds. The molecule has 3 aromatic rings. The molecule has 0 fully saturated rings. The predicted octanol–water partition coefficient (Wildman–Crippen LogP) is 2.37. The summed E-state index contributed by atoms with van der Waals surface area (Å²) in [5.41, 5.74) is 2.81. The number of halogens is 1. The number of hydrogen-bond acceptors (Lipinski definition) is 2. The Labute approximate surface area is 95.3 Å². The van der Waals surface area contributed by atoms with Crippen molar-refractivity contribution in [1.29, 1.82) is 0 Å². The molecular formula is C11H8ClN3O. The van der Waals surface area contributed by atoms with E-state index in [0.717, 1.165) is 16.5 Å². The summed E-state index contributed by atoms with van der Waals surface area (Å²) in [6.07, 6.45) is 0. The van der Waals surface area contributed by atoms with Crippen LogP contribution >= 0.6 is 11.6 Å². The fourth-order valence-corrected chi connectivity index (χ4v) is 1.92. The summed E-state index contributed by atoms with van der Waals surface area (Å²) < 4.78 is 0. The van der Waals surface area contributed by atoms with Crippen LogP contribution in [-0.4, -0.2) is 15.0 Å². The molecule has 1 aromatic carbocycles. The van der Waals surface area contributed by atoms with Crippen molar-refractivity contribution < 1.29 is 0 Å². The zero-order valence-corrected chi connectivity index (χ0v) is 9.22. The van der Waals surface area contributed by atoms with Gasteiger partial charge >= 0.3 is 5.69 Å². The summed E-state index contributed by atoms with van der Waals surface area (Å²) in [5, 5.41) is 1.62. The third-order valence-electron chi connectivity index (χ3n) is 2.58. The second kappa shape index (κ2) is 3.09. The number of aromatic amines is 2. The number of rotatable bonds is 0. The van der Waals surface area contributed by atoms with Gasteiger partial charge in [-0.15, -0.1) is 0 Å². The molecule has 0 bridgehead atoms. The van der Waals surface area contributed by atoms with Crippen molar-refractivity contribution in [2.45, 2.75) is 6.92 Å². The lowest BCUT2D eigenvalue weighted by Gasteiger charge is -2.01. The van der Waals surface area contributed by atoms with Gasteiger partial charge in [0.1, 0.15) is 0 Å². The molecule has 0 saturated carbocycles. The highest BCUT2D eigenvalue weighted by Crippen LogP contribution is 2.23. The van der Waals surface area contributed by atoms with Gasteiger partial charge in [-0.2, -0.15) is 0 Å². The van der Waals surface area contributed by atoms with Gasteiger partial charge in [-0.05, 0) is 30.7 Å². The molecule has 5 heteroatoms. The highest BCUT2D eigenvalue weighted by molar-refractivity contribution is 6.32. The van der Waals surface area contributed by atoms with Gasteiger partial charge in [-0.25, -0.2) is 9.78 Å². The number of H-pyrrole nitrogens is 2. The van der Waals surface area contributed by atoms with Crippen LogP contribution in [0.5, 0.6) is 0 Å². The van der Waals surface area contributed by atoms with Gasteiger partial charge in [0.2, 0.25) is 0 Å². The molecule has 80 valence electrons. The number of aryl methyl sites for hydroxylation is 1. The van der Waals surface area contributed by atoms with Crippen LogP contribution in [-0.2, 0) is 0 Å². The van der Waals surface area contributed by atoms with Crippen molar-refractivity contribution in [3.05, 3.63) is 39.3 Å². The Morgan fingerprint density at radius 2 is 2.06 bits per heavy atom. The van der Waals surface area contributed by atoms with Gasteiger partial charge in [-0.3, -0.25) is 4.98 Å². The number of hydrogen-bond donors (Lipinski definition) is 2. The Morgan fingerprint density at radius 1 is 1.25 bits per heavy atom. The number of nitrogens with one attached hydrogen (secondary N) is 2.